The molecule has 0 fully saturated rings. The van der Waals surface area contributed by atoms with Gasteiger partial charge in [0, 0.05) is 5.69 Å². The number of nitrogen functional groups attached to an aromatic ring is 1. The first kappa shape index (κ1) is 25.2. The number of esters is 1. The number of carbonyl (C=O) groups is 4. The molecule has 0 bridgehead atoms. The van der Waals surface area contributed by atoms with Crippen molar-refractivity contribution in [1.29, 1.82) is 0 Å². The van der Waals surface area contributed by atoms with Crippen LogP contribution >= 0.6 is 11.5 Å². The van der Waals surface area contributed by atoms with Crippen molar-refractivity contribution in [2.45, 2.75) is 13.0 Å². The molecule has 3 aromatic rings. The number of hydrogen-bond donors (Lipinski definition) is 4. The lowest BCUT2D eigenvalue weighted by Crippen LogP contribution is -2.45. The number of carbonyl (C=O) groups excluding carboxylic acids is 4. The molecule has 11 nitrogen and oxygen atoms in total. The Kier molecular flexibility index (Phi) is 8.00. The van der Waals surface area contributed by atoms with Gasteiger partial charge in [-0.05, 0) is 48.3 Å². The first-order valence-electron chi connectivity index (χ1n) is 10.4. The fourth-order valence-electron chi connectivity index (χ4n) is 3.25. The third-order valence-electron chi connectivity index (χ3n) is 4.84. The minimum atomic E-state index is -1.29. The van der Waals surface area contributed by atoms with E-state index in [9.17, 15) is 24.3 Å². The number of phenolic OH excluding ortho intramolecular Hbond substituents is 1. The fraction of sp³-hybridized carbons (Fsp3) is 0.174. The van der Waals surface area contributed by atoms with Crippen molar-refractivity contribution < 1.29 is 29.0 Å². The molecule has 3 rings (SSSR count). The SMILES string of the molecule is CCOC(=O)CNC(=O)[C@@H](c1ccc(O)cc1)N(C(=O)c1snc(C(N)=O)c1N)c1ccccc1. The van der Waals surface area contributed by atoms with Crippen molar-refractivity contribution in [2.75, 3.05) is 23.8 Å². The van der Waals surface area contributed by atoms with Gasteiger partial charge in [0.25, 0.3) is 11.8 Å². The molecule has 1 atom stereocenters. The van der Waals surface area contributed by atoms with E-state index in [0.717, 1.165) is 0 Å². The van der Waals surface area contributed by atoms with Gasteiger partial charge in [0.1, 0.15) is 23.2 Å². The zero-order valence-corrected chi connectivity index (χ0v) is 19.5. The van der Waals surface area contributed by atoms with Gasteiger partial charge in [0.15, 0.2) is 5.69 Å². The summed E-state index contributed by atoms with van der Waals surface area (Å²) >= 11 is 0.674. The standard InChI is InChI=1S/C23H23N5O6S/c1-2-34-16(30)12-26-22(32)19(13-8-10-15(29)11-9-13)28(14-6-4-3-5-7-14)23(33)20-17(24)18(21(25)31)27-35-20/h3-11,19,29H,2,12,24H2,1H3,(H2,25,31)(H,26,32)/t19-/m1/s1. The number of phenols is 1. The van der Waals surface area contributed by atoms with Crippen LogP contribution in [-0.4, -0.2) is 46.3 Å². The van der Waals surface area contributed by atoms with Crippen LogP contribution in [-0.2, 0) is 14.3 Å². The number of para-hydroxylation sites is 1. The molecule has 0 unspecified atom stereocenters. The number of anilines is 2. The Balaban J connectivity index is 2.12. The quantitative estimate of drug-likeness (QED) is 0.322. The number of benzene rings is 2. The zero-order chi connectivity index (χ0) is 25.5. The monoisotopic (exact) mass is 497 g/mol. The van der Waals surface area contributed by atoms with Gasteiger partial charge in [0.2, 0.25) is 5.91 Å². The maximum Gasteiger partial charge on any atom is 0.325 e. The molecular formula is C23H23N5O6S. The highest BCUT2D eigenvalue weighted by atomic mass is 32.1. The van der Waals surface area contributed by atoms with Crippen molar-refractivity contribution in [1.82, 2.24) is 9.69 Å². The number of hydrogen-bond acceptors (Lipinski definition) is 9. The van der Waals surface area contributed by atoms with Crippen LogP contribution < -0.4 is 21.7 Å². The molecule has 0 saturated heterocycles. The van der Waals surface area contributed by atoms with E-state index in [1.807, 2.05) is 0 Å². The van der Waals surface area contributed by atoms with Crippen molar-refractivity contribution in [3.8, 4) is 5.75 Å². The van der Waals surface area contributed by atoms with E-state index in [1.165, 1.54) is 29.2 Å². The van der Waals surface area contributed by atoms with Crippen LogP contribution in [0.3, 0.4) is 0 Å². The molecular weight excluding hydrogens is 474 g/mol. The molecule has 0 spiro atoms. The summed E-state index contributed by atoms with van der Waals surface area (Å²) in [5, 5.41) is 12.2. The topological polar surface area (TPSA) is 178 Å². The summed E-state index contributed by atoms with van der Waals surface area (Å²) in [6.45, 7) is 1.35. The largest absolute Gasteiger partial charge is 0.508 e. The molecule has 2 aromatic carbocycles. The molecule has 182 valence electrons. The number of primary amides is 1. The predicted molar refractivity (Wildman–Crippen MR) is 129 cm³/mol. The van der Waals surface area contributed by atoms with Gasteiger partial charge in [-0.25, -0.2) is 0 Å². The second kappa shape index (κ2) is 11.1. The van der Waals surface area contributed by atoms with E-state index in [0.29, 0.717) is 22.8 Å². The molecule has 35 heavy (non-hydrogen) atoms. The summed E-state index contributed by atoms with van der Waals surface area (Å²) in [6.07, 6.45) is 0. The highest BCUT2D eigenvalue weighted by Gasteiger charge is 2.36. The van der Waals surface area contributed by atoms with Crippen LogP contribution in [0.15, 0.2) is 54.6 Å². The Morgan fingerprint density at radius 1 is 1.11 bits per heavy atom. The number of aromatic hydroxyl groups is 1. The number of nitrogens with zero attached hydrogens (tertiary/aromatic N) is 2. The number of ether oxygens (including phenoxy) is 1. The molecule has 1 heterocycles. The summed E-state index contributed by atoms with van der Waals surface area (Å²) < 4.78 is 8.74. The molecule has 1 aromatic heterocycles. The van der Waals surface area contributed by atoms with Crippen molar-refractivity contribution in [3.63, 3.8) is 0 Å². The molecule has 0 aliphatic carbocycles. The Morgan fingerprint density at radius 3 is 2.34 bits per heavy atom. The molecule has 0 saturated carbocycles. The van der Waals surface area contributed by atoms with Gasteiger partial charge < -0.3 is 26.6 Å². The normalized spacial score (nSPS) is 11.3. The van der Waals surface area contributed by atoms with E-state index < -0.39 is 36.3 Å². The Bertz CT molecular complexity index is 1230. The number of amides is 3. The average molecular weight is 498 g/mol. The van der Waals surface area contributed by atoms with E-state index in [2.05, 4.69) is 9.69 Å². The van der Waals surface area contributed by atoms with Crippen LogP contribution in [0.4, 0.5) is 11.4 Å². The summed E-state index contributed by atoms with van der Waals surface area (Å²) in [6, 6.07) is 12.7. The first-order chi connectivity index (χ1) is 16.7. The highest BCUT2D eigenvalue weighted by molar-refractivity contribution is 7.09. The lowest BCUT2D eigenvalue weighted by Gasteiger charge is -2.31. The number of nitrogens with two attached hydrogens (primary N) is 2. The smallest absolute Gasteiger partial charge is 0.325 e. The van der Waals surface area contributed by atoms with E-state index in [4.69, 9.17) is 16.2 Å². The molecule has 0 aliphatic rings. The second-order valence-electron chi connectivity index (χ2n) is 7.17. The van der Waals surface area contributed by atoms with Crippen LogP contribution in [0.1, 0.15) is 38.7 Å². The van der Waals surface area contributed by atoms with Crippen molar-refractivity contribution in [2.24, 2.45) is 5.73 Å². The van der Waals surface area contributed by atoms with Crippen LogP contribution in [0.25, 0.3) is 0 Å². The third kappa shape index (κ3) is 5.73. The predicted octanol–water partition coefficient (Wildman–Crippen LogP) is 1.60. The molecule has 12 heteroatoms. The van der Waals surface area contributed by atoms with Crippen LogP contribution in [0, 0.1) is 0 Å². The molecule has 0 radical (unpaired) electrons. The number of nitrogens with one attached hydrogen (secondary N) is 1. The minimum Gasteiger partial charge on any atom is -0.508 e. The average Bonchev–Trinajstić information content (AvgIpc) is 3.23. The lowest BCUT2D eigenvalue weighted by molar-refractivity contribution is -0.143. The van der Waals surface area contributed by atoms with Gasteiger partial charge in [-0.1, -0.05) is 30.3 Å². The summed E-state index contributed by atoms with van der Waals surface area (Å²) in [5.74, 6) is -3.01. The van der Waals surface area contributed by atoms with Gasteiger partial charge in [-0.15, -0.1) is 0 Å². The maximum absolute atomic E-state index is 13.8. The molecule has 6 N–H and O–H groups in total. The fourth-order valence-corrected chi connectivity index (χ4v) is 4.00. The van der Waals surface area contributed by atoms with Crippen LogP contribution in [0.5, 0.6) is 5.75 Å². The third-order valence-corrected chi connectivity index (χ3v) is 5.69. The van der Waals surface area contributed by atoms with Gasteiger partial charge in [-0.2, -0.15) is 4.37 Å². The highest BCUT2D eigenvalue weighted by Crippen LogP contribution is 2.33. The second-order valence-corrected chi connectivity index (χ2v) is 7.94. The van der Waals surface area contributed by atoms with E-state index in [-0.39, 0.29) is 28.6 Å². The summed E-state index contributed by atoms with van der Waals surface area (Å²) in [4.78, 5) is 51.7. The Labute approximate surface area is 204 Å². The van der Waals surface area contributed by atoms with E-state index >= 15 is 0 Å². The first-order valence-corrected chi connectivity index (χ1v) is 11.2. The molecule has 0 aliphatic heterocycles. The Morgan fingerprint density at radius 2 is 1.77 bits per heavy atom. The zero-order valence-electron chi connectivity index (χ0n) is 18.6. The van der Waals surface area contributed by atoms with Gasteiger partial charge in [0.05, 0.1) is 12.3 Å². The Hall–Kier alpha value is -4.45. The van der Waals surface area contributed by atoms with E-state index in [1.54, 1.807) is 37.3 Å². The van der Waals surface area contributed by atoms with Crippen LogP contribution in [0.2, 0.25) is 0 Å². The number of aromatic nitrogens is 1. The maximum atomic E-state index is 13.8. The number of rotatable bonds is 9. The lowest BCUT2D eigenvalue weighted by atomic mass is 10.0. The van der Waals surface area contributed by atoms with Gasteiger partial charge >= 0.3 is 5.97 Å². The summed E-state index contributed by atoms with van der Waals surface area (Å²) in [5.41, 5.74) is 11.5. The molecule has 3 amide bonds. The minimum absolute atomic E-state index is 0.0465. The van der Waals surface area contributed by atoms with Crippen molar-refractivity contribution in [3.05, 3.63) is 70.7 Å². The van der Waals surface area contributed by atoms with Crippen molar-refractivity contribution >= 4 is 46.6 Å². The van der Waals surface area contributed by atoms with Gasteiger partial charge in [-0.3, -0.25) is 24.1 Å². The summed E-state index contributed by atoms with van der Waals surface area (Å²) in [7, 11) is 0.